The predicted molar refractivity (Wildman–Crippen MR) is 86.3 cm³/mol. The minimum atomic E-state index is -0.530. The summed E-state index contributed by atoms with van der Waals surface area (Å²) in [5, 5.41) is 3.19. The fraction of sp³-hybridized carbons (Fsp3) is 0.176. The molecule has 2 aromatic carbocycles. The van der Waals surface area contributed by atoms with E-state index >= 15 is 0 Å². The van der Waals surface area contributed by atoms with Gasteiger partial charge in [0.2, 0.25) is 0 Å². The van der Waals surface area contributed by atoms with Gasteiger partial charge in [0.05, 0.1) is 5.56 Å². The highest BCUT2D eigenvalue weighted by Gasteiger charge is 2.10. The lowest BCUT2D eigenvalue weighted by atomic mass is 10.1. The number of hydrogen-bond donors (Lipinski definition) is 1. The van der Waals surface area contributed by atoms with Gasteiger partial charge in [-0.1, -0.05) is 35.4 Å². The van der Waals surface area contributed by atoms with Crippen molar-refractivity contribution in [3.8, 4) is 0 Å². The smallest absolute Gasteiger partial charge is 0.338 e. The number of halogens is 1. The Bertz CT molecular complexity index is 696. The van der Waals surface area contributed by atoms with Crippen LogP contribution < -0.4 is 5.32 Å². The molecule has 0 fully saturated rings. The molecular weight excluding hydrogens is 302 g/mol. The fourth-order valence-corrected chi connectivity index (χ4v) is 1.95. The molecular formula is C17H16ClNO3. The van der Waals surface area contributed by atoms with E-state index < -0.39 is 11.9 Å². The first kappa shape index (κ1) is 16.0. The van der Waals surface area contributed by atoms with Gasteiger partial charge in [0, 0.05) is 10.7 Å². The number of aryl methyl sites for hydroxylation is 2. The van der Waals surface area contributed by atoms with Crippen LogP contribution in [0.15, 0.2) is 42.5 Å². The van der Waals surface area contributed by atoms with Crippen molar-refractivity contribution in [2.75, 3.05) is 11.9 Å². The van der Waals surface area contributed by atoms with Gasteiger partial charge in [-0.2, -0.15) is 0 Å². The Balaban J connectivity index is 1.88. The molecule has 5 heteroatoms. The molecule has 0 aliphatic heterocycles. The third kappa shape index (κ3) is 4.33. The lowest BCUT2D eigenvalue weighted by molar-refractivity contribution is -0.119. The Kier molecular flexibility index (Phi) is 5.17. The van der Waals surface area contributed by atoms with E-state index in [0.29, 0.717) is 16.3 Å². The van der Waals surface area contributed by atoms with Crippen LogP contribution in [0.25, 0.3) is 0 Å². The van der Waals surface area contributed by atoms with Crippen LogP contribution in [-0.4, -0.2) is 18.5 Å². The molecule has 2 aromatic rings. The van der Waals surface area contributed by atoms with Crippen LogP contribution in [0.2, 0.25) is 5.02 Å². The van der Waals surface area contributed by atoms with Crippen molar-refractivity contribution in [3.63, 3.8) is 0 Å². The molecule has 2 rings (SSSR count). The zero-order valence-electron chi connectivity index (χ0n) is 12.4. The van der Waals surface area contributed by atoms with Crippen LogP contribution in [0, 0.1) is 13.8 Å². The number of anilines is 1. The molecule has 0 saturated heterocycles. The molecule has 0 aromatic heterocycles. The van der Waals surface area contributed by atoms with Gasteiger partial charge in [-0.3, -0.25) is 4.79 Å². The fourth-order valence-electron chi connectivity index (χ4n) is 1.77. The molecule has 0 atom stereocenters. The summed E-state index contributed by atoms with van der Waals surface area (Å²) in [6.07, 6.45) is 0. The molecule has 114 valence electrons. The quantitative estimate of drug-likeness (QED) is 0.874. The van der Waals surface area contributed by atoms with Gasteiger partial charge in [-0.05, 0) is 43.7 Å². The molecule has 0 aliphatic carbocycles. The minimum Gasteiger partial charge on any atom is -0.452 e. The lowest BCUT2D eigenvalue weighted by Gasteiger charge is -2.08. The summed E-state index contributed by atoms with van der Waals surface area (Å²) in [5.41, 5.74) is 2.94. The van der Waals surface area contributed by atoms with E-state index in [0.717, 1.165) is 11.1 Å². The SMILES string of the molecule is Cc1ccc(C(=O)OCC(=O)Nc2ccc(C)c(Cl)c2)cc1. The van der Waals surface area contributed by atoms with Gasteiger partial charge in [-0.15, -0.1) is 0 Å². The van der Waals surface area contributed by atoms with Crippen LogP contribution in [-0.2, 0) is 9.53 Å². The molecule has 22 heavy (non-hydrogen) atoms. The topological polar surface area (TPSA) is 55.4 Å². The van der Waals surface area contributed by atoms with Crippen molar-refractivity contribution in [2.24, 2.45) is 0 Å². The average molecular weight is 318 g/mol. The first-order valence-electron chi connectivity index (χ1n) is 6.75. The molecule has 1 amide bonds. The molecule has 4 nitrogen and oxygen atoms in total. The number of nitrogens with one attached hydrogen (secondary N) is 1. The van der Waals surface area contributed by atoms with Gasteiger partial charge in [-0.25, -0.2) is 4.79 Å². The second kappa shape index (κ2) is 7.09. The van der Waals surface area contributed by atoms with E-state index in [9.17, 15) is 9.59 Å². The highest BCUT2D eigenvalue weighted by molar-refractivity contribution is 6.31. The van der Waals surface area contributed by atoms with E-state index in [4.69, 9.17) is 16.3 Å². The molecule has 0 radical (unpaired) electrons. The number of carbonyl (C=O) groups is 2. The third-order valence-corrected chi connectivity index (χ3v) is 3.48. The van der Waals surface area contributed by atoms with E-state index in [1.54, 1.807) is 30.3 Å². The van der Waals surface area contributed by atoms with E-state index in [-0.39, 0.29) is 6.61 Å². The van der Waals surface area contributed by atoms with Crippen molar-refractivity contribution in [1.29, 1.82) is 0 Å². The van der Waals surface area contributed by atoms with Crippen LogP contribution in [0.4, 0.5) is 5.69 Å². The molecule has 0 bridgehead atoms. The summed E-state index contributed by atoms with van der Waals surface area (Å²) in [6.45, 7) is 3.45. The molecule has 0 aliphatic rings. The van der Waals surface area contributed by atoms with E-state index in [1.165, 1.54) is 0 Å². The number of benzene rings is 2. The average Bonchev–Trinajstić information content (AvgIpc) is 2.49. The van der Waals surface area contributed by atoms with Gasteiger partial charge < -0.3 is 10.1 Å². The third-order valence-electron chi connectivity index (χ3n) is 3.08. The molecule has 1 N–H and O–H groups in total. The predicted octanol–water partition coefficient (Wildman–Crippen LogP) is 3.75. The monoisotopic (exact) mass is 317 g/mol. The number of rotatable bonds is 4. The Morgan fingerprint density at radius 3 is 2.41 bits per heavy atom. The van der Waals surface area contributed by atoms with Crippen LogP contribution >= 0.6 is 11.6 Å². The number of carbonyl (C=O) groups excluding carboxylic acids is 2. The number of hydrogen-bond acceptors (Lipinski definition) is 3. The summed E-state index contributed by atoms with van der Waals surface area (Å²) in [7, 11) is 0. The minimum absolute atomic E-state index is 0.349. The van der Waals surface area contributed by atoms with Crippen molar-refractivity contribution in [1.82, 2.24) is 0 Å². The summed E-state index contributed by atoms with van der Waals surface area (Å²) in [6, 6.07) is 12.1. The van der Waals surface area contributed by atoms with E-state index in [1.807, 2.05) is 26.0 Å². The van der Waals surface area contributed by atoms with Crippen LogP contribution in [0.5, 0.6) is 0 Å². The number of amides is 1. The molecule has 0 heterocycles. The Morgan fingerprint density at radius 2 is 1.77 bits per heavy atom. The normalized spacial score (nSPS) is 10.1. The number of ether oxygens (including phenoxy) is 1. The van der Waals surface area contributed by atoms with Crippen molar-refractivity contribution < 1.29 is 14.3 Å². The molecule has 0 unspecified atom stereocenters. The summed E-state index contributed by atoms with van der Waals surface area (Å²) in [5.74, 6) is -0.947. The maximum absolute atomic E-state index is 11.8. The summed E-state index contributed by atoms with van der Waals surface area (Å²) in [4.78, 5) is 23.6. The van der Waals surface area contributed by atoms with Crippen molar-refractivity contribution >= 4 is 29.2 Å². The van der Waals surface area contributed by atoms with Crippen LogP contribution in [0.1, 0.15) is 21.5 Å². The highest BCUT2D eigenvalue weighted by atomic mass is 35.5. The van der Waals surface area contributed by atoms with E-state index in [2.05, 4.69) is 5.32 Å². The van der Waals surface area contributed by atoms with Crippen LogP contribution in [0.3, 0.4) is 0 Å². The molecule has 0 spiro atoms. The van der Waals surface area contributed by atoms with Gasteiger partial charge in [0.15, 0.2) is 6.61 Å². The Morgan fingerprint density at radius 1 is 1.09 bits per heavy atom. The van der Waals surface area contributed by atoms with Gasteiger partial charge in [0.1, 0.15) is 0 Å². The zero-order valence-corrected chi connectivity index (χ0v) is 13.1. The second-order valence-corrected chi connectivity index (χ2v) is 5.36. The Labute approximate surface area is 134 Å². The lowest BCUT2D eigenvalue weighted by Crippen LogP contribution is -2.20. The Hall–Kier alpha value is -2.33. The first-order valence-corrected chi connectivity index (χ1v) is 7.13. The summed E-state index contributed by atoms with van der Waals surface area (Å²) >= 11 is 5.98. The maximum atomic E-state index is 11.8. The standard InChI is InChI=1S/C17H16ClNO3/c1-11-3-6-13(7-4-11)17(21)22-10-16(20)19-14-8-5-12(2)15(18)9-14/h3-9H,10H2,1-2H3,(H,19,20). The molecule has 0 saturated carbocycles. The first-order chi connectivity index (χ1) is 10.5. The van der Waals surface area contributed by atoms with Gasteiger partial charge >= 0.3 is 5.97 Å². The summed E-state index contributed by atoms with van der Waals surface area (Å²) < 4.78 is 4.97. The second-order valence-electron chi connectivity index (χ2n) is 4.95. The largest absolute Gasteiger partial charge is 0.452 e. The van der Waals surface area contributed by atoms with Crippen molar-refractivity contribution in [2.45, 2.75) is 13.8 Å². The number of esters is 1. The maximum Gasteiger partial charge on any atom is 0.338 e. The van der Waals surface area contributed by atoms with Gasteiger partial charge in [0.25, 0.3) is 5.91 Å². The van der Waals surface area contributed by atoms with Crippen molar-refractivity contribution in [3.05, 3.63) is 64.2 Å². The highest BCUT2D eigenvalue weighted by Crippen LogP contribution is 2.19. The zero-order chi connectivity index (χ0) is 16.1.